The molecule has 36 heavy (non-hydrogen) atoms. The van der Waals surface area contributed by atoms with Crippen LogP contribution in [-0.2, 0) is 9.59 Å². The van der Waals surface area contributed by atoms with E-state index in [-0.39, 0.29) is 29.6 Å². The molecule has 2 aromatic rings. The molecule has 6 atom stereocenters. The maximum Gasteiger partial charge on any atom is 0.233 e. The number of hydrogen-bond acceptors (Lipinski definition) is 6. The maximum absolute atomic E-state index is 13.4. The van der Waals surface area contributed by atoms with E-state index in [0.717, 1.165) is 57.8 Å². The first-order valence-corrected chi connectivity index (χ1v) is 14.7. The summed E-state index contributed by atoms with van der Waals surface area (Å²) in [6.07, 6.45) is 6.80. The molecule has 0 N–H and O–H groups in total. The molecule has 7 heteroatoms. The van der Waals surface area contributed by atoms with Crippen LogP contribution in [0, 0.1) is 35.5 Å². The number of amides is 2. The highest BCUT2D eigenvalue weighted by atomic mass is 32.1. The number of benzene rings is 1. The van der Waals surface area contributed by atoms with Crippen LogP contribution in [0.15, 0.2) is 36.4 Å². The number of likely N-dealkylation sites (tertiary alicyclic amines) is 1. The van der Waals surface area contributed by atoms with Gasteiger partial charge in [0.2, 0.25) is 11.8 Å². The average molecular weight is 505 g/mol. The second-order valence-electron chi connectivity index (χ2n) is 11.9. The molecule has 5 fully saturated rings. The van der Waals surface area contributed by atoms with Crippen molar-refractivity contribution in [1.29, 1.82) is 0 Å². The zero-order chi connectivity index (χ0) is 24.4. The highest BCUT2D eigenvalue weighted by molar-refractivity contribution is 7.13. The van der Waals surface area contributed by atoms with E-state index in [1.165, 1.54) is 34.9 Å². The van der Waals surface area contributed by atoms with Crippen molar-refractivity contribution in [2.24, 2.45) is 35.5 Å². The minimum atomic E-state index is -0.0966. The summed E-state index contributed by atoms with van der Waals surface area (Å²) < 4.78 is 6.02. The largest absolute Gasteiger partial charge is 0.353 e. The van der Waals surface area contributed by atoms with Crippen molar-refractivity contribution in [3.63, 3.8) is 0 Å². The van der Waals surface area contributed by atoms with Crippen LogP contribution in [0.1, 0.15) is 38.5 Å². The van der Waals surface area contributed by atoms with Crippen molar-refractivity contribution < 1.29 is 9.59 Å². The zero-order valence-corrected chi connectivity index (χ0v) is 21.8. The van der Waals surface area contributed by atoms with E-state index in [9.17, 15) is 9.59 Å². The molecular weight excluding hydrogens is 468 g/mol. The molecule has 6 nitrogen and oxygen atoms in total. The van der Waals surface area contributed by atoms with Gasteiger partial charge in [0.25, 0.3) is 0 Å². The Morgan fingerprint density at radius 1 is 0.944 bits per heavy atom. The summed E-state index contributed by atoms with van der Waals surface area (Å²) in [5, 5.41) is 1.27. The van der Waals surface area contributed by atoms with Crippen LogP contribution < -0.4 is 4.90 Å². The lowest BCUT2D eigenvalue weighted by Gasteiger charge is -2.40. The van der Waals surface area contributed by atoms with Gasteiger partial charge in [0.05, 0.1) is 16.5 Å². The lowest BCUT2D eigenvalue weighted by molar-refractivity contribution is -0.142. The third-order valence-corrected chi connectivity index (χ3v) is 10.9. The van der Waals surface area contributed by atoms with E-state index in [1.807, 2.05) is 0 Å². The van der Waals surface area contributed by atoms with Crippen LogP contribution in [0.4, 0.5) is 5.82 Å². The Hall–Kier alpha value is -2.25. The molecule has 2 bridgehead atoms. The average Bonchev–Trinajstić information content (AvgIpc) is 3.64. The summed E-state index contributed by atoms with van der Waals surface area (Å²) in [6.45, 7) is 10.1. The first-order valence-electron chi connectivity index (χ1n) is 13.9. The van der Waals surface area contributed by atoms with Gasteiger partial charge in [0.1, 0.15) is 5.82 Å². The first kappa shape index (κ1) is 22.9. The molecule has 3 saturated carbocycles. The predicted molar refractivity (Wildman–Crippen MR) is 143 cm³/mol. The highest BCUT2D eigenvalue weighted by Crippen LogP contribution is 2.58. The molecule has 3 aliphatic carbocycles. The quantitative estimate of drug-likeness (QED) is 0.446. The van der Waals surface area contributed by atoms with Gasteiger partial charge >= 0.3 is 0 Å². The van der Waals surface area contributed by atoms with Crippen molar-refractivity contribution in [2.45, 2.75) is 38.5 Å². The number of carbonyl (C=O) groups excluding carboxylic acids is 2. The Labute approximate surface area is 217 Å². The van der Waals surface area contributed by atoms with Gasteiger partial charge in [-0.05, 0) is 73.0 Å². The number of carbonyl (C=O) groups is 2. The lowest BCUT2D eigenvalue weighted by atomic mass is 9.78. The Morgan fingerprint density at radius 2 is 1.67 bits per heavy atom. The van der Waals surface area contributed by atoms with E-state index in [4.69, 9.17) is 4.37 Å². The molecule has 5 aliphatic rings. The van der Waals surface area contributed by atoms with Crippen LogP contribution in [0.3, 0.4) is 0 Å². The van der Waals surface area contributed by atoms with E-state index in [2.05, 4.69) is 40.6 Å². The van der Waals surface area contributed by atoms with Gasteiger partial charge in [-0.1, -0.05) is 37.1 Å². The molecule has 1 aromatic heterocycles. The molecule has 7 rings (SSSR count). The zero-order valence-electron chi connectivity index (χ0n) is 21.0. The SMILES string of the molecule is C=C1CC2CC1[C@@H]1C(=O)N(C[C@@H]3CCCC[C@H]3CN3CCN(c4nsc5ccccc45)CC3)C(=O)[C@H]21. The van der Waals surface area contributed by atoms with Gasteiger partial charge in [-0.25, -0.2) is 0 Å². The van der Waals surface area contributed by atoms with Crippen LogP contribution in [0.2, 0.25) is 0 Å². The minimum Gasteiger partial charge on any atom is -0.353 e. The fourth-order valence-electron chi connectivity index (χ4n) is 8.19. The Balaban J connectivity index is 0.990. The maximum atomic E-state index is 13.4. The highest BCUT2D eigenvalue weighted by Gasteiger charge is 2.62. The molecule has 190 valence electrons. The van der Waals surface area contributed by atoms with Crippen molar-refractivity contribution >= 4 is 39.3 Å². The minimum absolute atomic E-state index is 0.0510. The van der Waals surface area contributed by atoms with Crippen molar-refractivity contribution in [2.75, 3.05) is 44.2 Å². The van der Waals surface area contributed by atoms with Crippen molar-refractivity contribution in [3.8, 4) is 0 Å². The fraction of sp³-hybridized carbons (Fsp3) is 0.621. The Kier molecular flexibility index (Phi) is 5.69. The number of imide groups is 1. The number of piperazine rings is 1. The van der Waals surface area contributed by atoms with E-state index in [0.29, 0.717) is 24.3 Å². The number of fused-ring (bicyclic) bond motifs is 6. The van der Waals surface area contributed by atoms with Gasteiger partial charge in [-0.15, -0.1) is 0 Å². The summed E-state index contributed by atoms with van der Waals surface area (Å²) in [5.41, 5.74) is 1.21. The molecule has 2 amide bonds. The molecular formula is C29H36N4O2S. The van der Waals surface area contributed by atoms with Crippen LogP contribution in [0.25, 0.3) is 10.1 Å². The predicted octanol–water partition coefficient (Wildman–Crippen LogP) is 4.42. The van der Waals surface area contributed by atoms with E-state index in [1.54, 1.807) is 16.4 Å². The summed E-state index contributed by atoms with van der Waals surface area (Å²) in [5.74, 6) is 2.87. The number of allylic oxidation sites excluding steroid dienone is 1. The van der Waals surface area contributed by atoms with Gasteiger partial charge in [-0.3, -0.25) is 19.4 Å². The molecule has 2 aliphatic heterocycles. The summed E-state index contributed by atoms with van der Waals surface area (Å²) in [4.78, 5) is 33.5. The fourth-order valence-corrected chi connectivity index (χ4v) is 8.98. The standard InChI is InChI=1S/C29H36N4O2S/c1-18-14-21-15-23(18)26-25(21)28(34)33(29(26)35)17-20-7-3-2-6-19(20)16-31-10-12-32(13-11-31)27-22-8-4-5-9-24(22)36-30-27/h4-5,8-9,19-21,23,25-26H,1-3,6-7,10-17H2/t19-,20-,21?,23?,25+,26-/m0/s1. The Bertz CT molecular complexity index is 1200. The van der Waals surface area contributed by atoms with Crippen molar-refractivity contribution in [3.05, 3.63) is 36.4 Å². The van der Waals surface area contributed by atoms with Gasteiger partial charge in [0, 0.05) is 44.7 Å². The third kappa shape index (κ3) is 3.65. The molecule has 2 saturated heterocycles. The smallest absolute Gasteiger partial charge is 0.233 e. The monoisotopic (exact) mass is 504 g/mol. The molecule has 1 aromatic carbocycles. The van der Waals surface area contributed by atoms with Gasteiger partial charge in [0.15, 0.2) is 0 Å². The normalized spacial score (nSPS) is 34.8. The molecule has 2 unspecified atom stereocenters. The molecule has 0 radical (unpaired) electrons. The topological polar surface area (TPSA) is 56.8 Å². The number of aromatic nitrogens is 1. The van der Waals surface area contributed by atoms with Gasteiger partial charge < -0.3 is 4.90 Å². The summed E-state index contributed by atoms with van der Waals surface area (Å²) in [6, 6.07) is 8.52. The molecule has 3 heterocycles. The number of rotatable bonds is 5. The number of hydrogen-bond donors (Lipinski definition) is 0. The number of anilines is 1. The van der Waals surface area contributed by atoms with Crippen molar-refractivity contribution in [1.82, 2.24) is 14.2 Å². The molecule has 0 spiro atoms. The van der Waals surface area contributed by atoms with Crippen LogP contribution in [0.5, 0.6) is 0 Å². The second-order valence-corrected chi connectivity index (χ2v) is 12.7. The van der Waals surface area contributed by atoms with E-state index < -0.39 is 0 Å². The number of nitrogens with zero attached hydrogens (tertiary/aromatic N) is 4. The van der Waals surface area contributed by atoms with Gasteiger partial charge in [-0.2, -0.15) is 4.37 Å². The third-order valence-electron chi connectivity index (χ3n) is 10.0. The first-order chi connectivity index (χ1) is 17.6. The summed E-state index contributed by atoms with van der Waals surface area (Å²) >= 11 is 1.59. The van der Waals surface area contributed by atoms with E-state index >= 15 is 0 Å². The van der Waals surface area contributed by atoms with Crippen LogP contribution in [-0.4, -0.2) is 65.3 Å². The van der Waals surface area contributed by atoms with Crippen LogP contribution >= 0.6 is 11.5 Å². The lowest BCUT2D eigenvalue weighted by Crippen LogP contribution is -2.49. The Morgan fingerprint density at radius 3 is 2.47 bits per heavy atom. The second kappa shape index (κ2) is 8.95. The summed E-state index contributed by atoms with van der Waals surface area (Å²) in [7, 11) is 0.